The zero-order valence-electron chi connectivity index (χ0n) is 15.7. The molecular formula is C18H25Cl2N5O2. The van der Waals surface area contributed by atoms with E-state index < -0.39 is 6.10 Å². The van der Waals surface area contributed by atoms with Crippen molar-refractivity contribution in [1.29, 1.82) is 0 Å². The largest absolute Gasteiger partial charge is 0.386 e. The zero-order valence-corrected chi connectivity index (χ0v) is 17.2. The van der Waals surface area contributed by atoms with Crippen LogP contribution >= 0.6 is 23.2 Å². The van der Waals surface area contributed by atoms with Gasteiger partial charge in [0.05, 0.1) is 12.6 Å². The van der Waals surface area contributed by atoms with Crippen LogP contribution in [0.25, 0.3) is 0 Å². The van der Waals surface area contributed by atoms with E-state index in [1.807, 2.05) is 20.8 Å². The Morgan fingerprint density at radius 2 is 1.93 bits per heavy atom. The number of aromatic nitrogens is 2. The monoisotopic (exact) mass is 413 g/mol. The summed E-state index contributed by atoms with van der Waals surface area (Å²) >= 11 is 12.0. The van der Waals surface area contributed by atoms with Gasteiger partial charge >= 0.3 is 0 Å². The maximum absolute atomic E-state index is 10.3. The standard InChI is InChI=1S/C18H25Cl2N5O2/c1-4-21-18(22-6-5-16-24-17(11(2)3)25-27-16)23-10-15(26)12-7-13(19)9-14(20)8-12/h7-9,11,15,26H,4-6,10H2,1-3H3,(H2,21,22,23). The van der Waals surface area contributed by atoms with Crippen LogP contribution in [0.5, 0.6) is 0 Å². The SMILES string of the molecule is CCNC(=NCC(O)c1cc(Cl)cc(Cl)c1)NCCc1nc(C(C)C)no1. The van der Waals surface area contributed by atoms with Gasteiger partial charge in [-0.05, 0) is 30.7 Å². The molecule has 0 saturated carbocycles. The summed E-state index contributed by atoms with van der Waals surface area (Å²) < 4.78 is 5.22. The third-order valence-electron chi connectivity index (χ3n) is 3.67. The molecule has 0 amide bonds. The fourth-order valence-corrected chi connectivity index (χ4v) is 2.83. The van der Waals surface area contributed by atoms with Crippen LogP contribution in [0.1, 0.15) is 50.1 Å². The van der Waals surface area contributed by atoms with E-state index >= 15 is 0 Å². The van der Waals surface area contributed by atoms with Gasteiger partial charge in [0.15, 0.2) is 11.8 Å². The van der Waals surface area contributed by atoms with Crippen LogP contribution in [0.2, 0.25) is 10.0 Å². The number of aliphatic hydroxyl groups excluding tert-OH is 1. The number of halogens is 2. The first-order chi connectivity index (χ1) is 12.9. The highest BCUT2D eigenvalue weighted by Crippen LogP contribution is 2.23. The Balaban J connectivity index is 1.90. The molecule has 0 fully saturated rings. The van der Waals surface area contributed by atoms with Crippen LogP contribution < -0.4 is 10.6 Å². The second-order valence-corrected chi connectivity index (χ2v) is 7.19. The average molecular weight is 414 g/mol. The Labute approximate surface area is 169 Å². The Hall–Kier alpha value is -1.83. The lowest BCUT2D eigenvalue weighted by Gasteiger charge is -2.13. The van der Waals surface area contributed by atoms with Gasteiger partial charge in [0.25, 0.3) is 0 Å². The van der Waals surface area contributed by atoms with Gasteiger partial charge in [0, 0.05) is 35.5 Å². The molecule has 2 rings (SSSR count). The fourth-order valence-electron chi connectivity index (χ4n) is 2.28. The molecule has 1 heterocycles. The lowest BCUT2D eigenvalue weighted by Crippen LogP contribution is -2.38. The van der Waals surface area contributed by atoms with Gasteiger partial charge in [0.2, 0.25) is 5.89 Å². The Morgan fingerprint density at radius 3 is 2.52 bits per heavy atom. The number of rotatable bonds is 8. The Bertz CT molecular complexity index is 744. The van der Waals surface area contributed by atoms with Gasteiger partial charge in [-0.15, -0.1) is 0 Å². The summed E-state index contributed by atoms with van der Waals surface area (Å²) in [6.45, 7) is 7.44. The summed E-state index contributed by atoms with van der Waals surface area (Å²) in [5.41, 5.74) is 0.624. The molecule has 0 radical (unpaired) electrons. The Kier molecular flexibility index (Phi) is 8.34. The predicted octanol–water partition coefficient (Wildman–Crippen LogP) is 3.33. The Morgan fingerprint density at radius 1 is 1.22 bits per heavy atom. The summed E-state index contributed by atoms with van der Waals surface area (Å²) in [4.78, 5) is 8.75. The lowest BCUT2D eigenvalue weighted by atomic mass is 10.1. The predicted molar refractivity (Wildman–Crippen MR) is 107 cm³/mol. The van der Waals surface area contributed by atoms with Crippen LogP contribution in [0.3, 0.4) is 0 Å². The number of guanidine groups is 1. The number of hydrogen-bond acceptors (Lipinski definition) is 5. The van der Waals surface area contributed by atoms with E-state index in [0.29, 0.717) is 52.8 Å². The average Bonchev–Trinajstić information content (AvgIpc) is 3.07. The second-order valence-electron chi connectivity index (χ2n) is 6.32. The molecule has 0 aliphatic carbocycles. The van der Waals surface area contributed by atoms with Gasteiger partial charge in [0.1, 0.15) is 0 Å². The van der Waals surface area contributed by atoms with Crippen molar-refractivity contribution in [3.8, 4) is 0 Å². The van der Waals surface area contributed by atoms with E-state index in [2.05, 4.69) is 25.8 Å². The molecule has 7 nitrogen and oxygen atoms in total. The molecule has 0 saturated heterocycles. The molecule has 27 heavy (non-hydrogen) atoms. The first-order valence-electron chi connectivity index (χ1n) is 8.87. The van der Waals surface area contributed by atoms with Crippen molar-refractivity contribution in [3.63, 3.8) is 0 Å². The summed E-state index contributed by atoms with van der Waals surface area (Å²) in [7, 11) is 0. The first-order valence-corrected chi connectivity index (χ1v) is 9.63. The summed E-state index contributed by atoms with van der Waals surface area (Å²) in [5, 5.41) is 21.5. The van der Waals surface area contributed by atoms with Crippen molar-refractivity contribution in [1.82, 2.24) is 20.8 Å². The molecule has 148 valence electrons. The van der Waals surface area contributed by atoms with Crippen molar-refractivity contribution in [2.45, 2.75) is 39.2 Å². The second kappa shape index (κ2) is 10.5. The number of hydrogen-bond donors (Lipinski definition) is 3. The minimum atomic E-state index is -0.804. The quantitative estimate of drug-likeness (QED) is 0.453. The number of benzene rings is 1. The molecule has 1 aromatic carbocycles. The van der Waals surface area contributed by atoms with Crippen molar-refractivity contribution >= 4 is 29.2 Å². The summed E-state index contributed by atoms with van der Waals surface area (Å²) in [5.74, 6) is 2.11. The van der Waals surface area contributed by atoms with E-state index in [1.165, 1.54) is 0 Å². The molecule has 0 bridgehead atoms. The lowest BCUT2D eigenvalue weighted by molar-refractivity contribution is 0.187. The van der Waals surface area contributed by atoms with E-state index in [-0.39, 0.29) is 12.5 Å². The molecular weight excluding hydrogens is 389 g/mol. The van der Waals surface area contributed by atoms with Crippen molar-refractivity contribution in [3.05, 3.63) is 45.5 Å². The molecule has 0 spiro atoms. The van der Waals surface area contributed by atoms with Crippen LogP contribution in [-0.2, 0) is 6.42 Å². The normalized spacial score (nSPS) is 13.1. The van der Waals surface area contributed by atoms with E-state index in [9.17, 15) is 5.11 Å². The van der Waals surface area contributed by atoms with Gasteiger partial charge in [-0.2, -0.15) is 4.98 Å². The topological polar surface area (TPSA) is 95.6 Å². The van der Waals surface area contributed by atoms with Gasteiger partial charge in [-0.1, -0.05) is 42.2 Å². The zero-order chi connectivity index (χ0) is 19.8. The van der Waals surface area contributed by atoms with E-state index in [1.54, 1.807) is 18.2 Å². The maximum atomic E-state index is 10.3. The summed E-state index contributed by atoms with van der Waals surface area (Å²) in [6.07, 6.45) is -0.224. The highest BCUT2D eigenvalue weighted by atomic mass is 35.5. The van der Waals surface area contributed by atoms with Crippen LogP contribution in [-0.4, -0.2) is 40.8 Å². The minimum absolute atomic E-state index is 0.171. The number of aliphatic hydroxyl groups is 1. The fraction of sp³-hybridized carbons (Fsp3) is 0.500. The number of aliphatic imine (C=N–C) groups is 1. The molecule has 0 aliphatic heterocycles. The van der Waals surface area contributed by atoms with E-state index in [0.717, 1.165) is 0 Å². The van der Waals surface area contributed by atoms with Crippen molar-refractivity contribution in [2.75, 3.05) is 19.6 Å². The molecule has 0 aliphatic rings. The third kappa shape index (κ3) is 7.01. The minimum Gasteiger partial charge on any atom is -0.386 e. The van der Waals surface area contributed by atoms with Crippen molar-refractivity contribution in [2.24, 2.45) is 4.99 Å². The summed E-state index contributed by atoms with van der Waals surface area (Å²) in [6, 6.07) is 4.97. The van der Waals surface area contributed by atoms with Crippen LogP contribution in [0.15, 0.2) is 27.7 Å². The molecule has 1 aromatic heterocycles. The molecule has 2 aromatic rings. The highest BCUT2D eigenvalue weighted by Gasteiger charge is 2.11. The van der Waals surface area contributed by atoms with Crippen molar-refractivity contribution < 1.29 is 9.63 Å². The molecule has 3 N–H and O–H groups in total. The highest BCUT2D eigenvalue weighted by molar-refractivity contribution is 6.34. The maximum Gasteiger partial charge on any atom is 0.228 e. The van der Waals surface area contributed by atoms with Gasteiger partial charge in [-0.3, -0.25) is 4.99 Å². The first kappa shape index (κ1) is 21.5. The smallest absolute Gasteiger partial charge is 0.228 e. The van der Waals surface area contributed by atoms with Crippen LogP contribution in [0.4, 0.5) is 0 Å². The van der Waals surface area contributed by atoms with Crippen LogP contribution in [0, 0.1) is 0 Å². The molecule has 9 heteroatoms. The van der Waals surface area contributed by atoms with Gasteiger partial charge in [-0.25, -0.2) is 0 Å². The van der Waals surface area contributed by atoms with E-state index in [4.69, 9.17) is 27.7 Å². The molecule has 1 atom stereocenters. The number of nitrogens with one attached hydrogen (secondary N) is 2. The van der Waals surface area contributed by atoms with Gasteiger partial charge < -0.3 is 20.3 Å². The number of nitrogens with zero attached hydrogens (tertiary/aromatic N) is 3. The third-order valence-corrected chi connectivity index (χ3v) is 4.10. The molecule has 1 unspecified atom stereocenters.